The number of nitro groups is 1. The van der Waals surface area contributed by atoms with E-state index in [4.69, 9.17) is 4.42 Å². The Labute approximate surface area is 117 Å². The molecule has 8 heteroatoms. The first kappa shape index (κ1) is 12.9. The Balaban J connectivity index is 1.97. The smallest absolute Gasteiger partial charge is 0.294 e. The molecule has 0 saturated heterocycles. The van der Waals surface area contributed by atoms with Crippen molar-refractivity contribution in [1.29, 1.82) is 0 Å². The third-order valence-electron chi connectivity index (χ3n) is 3.04. The van der Waals surface area contributed by atoms with Crippen LogP contribution in [0.2, 0.25) is 0 Å². The number of hydrogen-bond acceptors (Lipinski definition) is 5. The van der Waals surface area contributed by atoms with E-state index in [1.807, 2.05) is 0 Å². The Morgan fingerprint density at radius 2 is 2.24 bits per heavy atom. The van der Waals surface area contributed by atoms with Crippen LogP contribution in [-0.2, 0) is 11.2 Å². The summed E-state index contributed by atoms with van der Waals surface area (Å²) in [6, 6.07) is 5.64. The second kappa shape index (κ2) is 4.75. The second-order valence-corrected chi connectivity index (χ2v) is 4.44. The fraction of sp³-hybridized carbons (Fsp3) is 0.0769. The van der Waals surface area contributed by atoms with E-state index in [0.29, 0.717) is 11.3 Å². The van der Waals surface area contributed by atoms with Gasteiger partial charge in [-0.1, -0.05) is 0 Å². The summed E-state index contributed by atoms with van der Waals surface area (Å²) in [6.45, 7) is 0. The highest BCUT2D eigenvalue weighted by Gasteiger charge is 2.25. The van der Waals surface area contributed by atoms with E-state index in [9.17, 15) is 19.7 Å². The highest BCUT2D eigenvalue weighted by atomic mass is 16.6. The average Bonchev–Trinajstić information content (AvgIpc) is 3.05. The molecule has 0 atom stereocenters. The molecule has 1 aromatic carbocycles. The SMILES string of the molecule is O=C1Cc2cc(NC(=O)c3ccco3)c([N+](=O)[O-])cc2N1. The fourth-order valence-electron chi connectivity index (χ4n) is 2.11. The van der Waals surface area contributed by atoms with Crippen LogP contribution in [0.3, 0.4) is 0 Å². The molecule has 21 heavy (non-hydrogen) atoms. The van der Waals surface area contributed by atoms with E-state index in [-0.39, 0.29) is 29.5 Å². The molecule has 0 bridgehead atoms. The number of nitrogens with one attached hydrogen (secondary N) is 2. The Hall–Kier alpha value is -3.16. The molecular formula is C13H9N3O5. The molecule has 2 N–H and O–H groups in total. The van der Waals surface area contributed by atoms with Crippen LogP contribution in [-0.4, -0.2) is 16.7 Å². The van der Waals surface area contributed by atoms with E-state index in [0.717, 1.165) is 0 Å². The number of amides is 2. The summed E-state index contributed by atoms with van der Waals surface area (Å²) < 4.78 is 4.93. The van der Waals surface area contributed by atoms with Crippen LogP contribution in [0.15, 0.2) is 34.9 Å². The minimum Gasteiger partial charge on any atom is -0.459 e. The third-order valence-corrected chi connectivity index (χ3v) is 3.04. The summed E-state index contributed by atoms with van der Waals surface area (Å²) in [4.78, 5) is 33.7. The Morgan fingerprint density at radius 3 is 2.90 bits per heavy atom. The monoisotopic (exact) mass is 287 g/mol. The summed E-state index contributed by atoms with van der Waals surface area (Å²) in [6.07, 6.45) is 1.45. The van der Waals surface area contributed by atoms with Gasteiger partial charge in [-0.15, -0.1) is 0 Å². The summed E-state index contributed by atoms with van der Waals surface area (Å²) in [5, 5.41) is 16.0. The van der Waals surface area contributed by atoms with Crippen molar-refractivity contribution in [3.63, 3.8) is 0 Å². The van der Waals surface area contributed by atoms with Gasteiger partial charge in [-0.05, 0) is 23.8 Å². The molecule has 8 nitrogen and oxygen atoms in total. The molecule has 0 radical (unpaired) electrons. The molecule has 0 spiro atoms. The van der Waals surface area contributed by atoms with Gasteiger partial charge in [-0.3, -0.25) is 19.7 Å². The third kappa shape index (κ3) is 2.34. The van der Waals surface area contributed by atoms with E-state index in [1.54, 1.807) is 0 Å². The van der Waals surface area contributed by atoms with Gasteiger partial charge in [0.15, 0.2) is 5.76 Å². The lowest BCUT2D eigenvalue weighted by molar-refractivity contribution is -0.383. The predicted molar refractivity (Wildman–Crippen MR) is 72.1 cm³/mol. The van der Waals surface area contributed by atoms with Crippen LogP contribution < -0.4 is 10.6 Å². The Bertz CT molecular complexity index is 751. The van der Waals surface area contributed by atoms with Gasteiger partial charge in [0, 0.05) is 6.07 Å². The summed E-state index contributed by atoms with van der Waals surface area (Å²) in [5.74, 6) is -0.798. The zero-order chi connectivity index (χ0) is 15.0. The van der Waals surface area contributed by atoms with Gasteiger partial charge in [-0.2, -0.15) is 0 Å². The maximum Gasteiger partial charge on any atom is 0.294 e. The zero-order valence-electron chi connectivity index (χ0n) is 10.6. The van der Waals surface area contributed by atoms with Gasteiger partial charge in [0.25, 0.3) is 11.6 Å². The number of carbonyl (C=O) groups is 2. The molecule has 2 amide bonds. The van der Waals surface area contributed by atoms with Crippen molar-refractivity contribution in [3.8, 4) is 0 Å². The van der Waals surface area contributed by atoms with Gasteiger partial charge < -0.3 is 15.1 Å². The number of nitrogens with zero attached hydrogens (tertiary/aromatic N) is 1. The first-order valence-electron chi connectivity index (χ1n) is 6.00. The highest BCUT2D eigenvalue weighted by molar-refractivity contribution is 6.05. The van der Waals surface area contributed by atoms with Crippen molar-refractivity contribution in [3.05, 3.63) is 52.0 Å². The first-order valence-corrected chi connectivity index (χ1v) is 6.00. The summed E-state index contributed by atoms with van der Waals surface area (Å²) >= 11 is 0. The largest absolute Gasteiger partial charge is 0.459 e. The molecular weight excluding hydrogens is 278 g/mol. The van der Waals surface area contributed by atoms with Crippen molar-refractivity contribution in [1.82, 2.24) is 0 Å². The van der Waals surface area contributed by atoms with Crippen LogP contribution in [0.25, 0.3) is 0 Å². The molecule has 2 heterocycles. The number of nitro benzene ring substituents is 1. The van der Waals surface area contributed by atoms with E-state index >= 15 is 0 Å². The molecule has 0 saturated carbocycles. The van der Waals surface area contributed by atoms with Crippen molar-refractivity contribution in [2.24, 2.45) is 0 Å². The molecule has 0 unspecified atom stereocenters. The fourth-order valence-corrected chi connectivity index (χ4v) is 2.11. The minimum absolute atomic E-state index is 0.0247. The minimum atomic E-state index is -0.623. The lowest BCUT2D eigenvalue weighted by atomic mass is 10.1. The van der Waals surface area contributed by atoms with E-state index in [1.165, 1.54) is 30.5 Å². The lowest BCUT2D eigenvalue weighted by Gasteiger charge is -2.07. The topological polar surface area (TPSA) is 114 Å². The van der Waals surface area contributed by atoms with Crippen LogP contribution in [0.5, 0.6) is 0 Å². The maximum atomic E-state index is 11.9. The molecule has 1 aromatic heterocycles. The molecule has 1 aliphatic rings. The number of benzene rings is 1. The van der Waals surface area contributed by atoms with Gasteiger partial charge in [0.2, 0.25) is 5.91 Å². The predicted octanol–water partition coefficient (Wildman–Crippen LogP) is 1.93. The lowest BCUT2D eigenvalue weighted by Crippen LogP contribution is -2.12. The van der Waals surface area contributed by atoms with Crippen molar-refractivity contribution < 1.29 is 18.9 Å². The number of anilines is 2. The molecule has 1 aliphatic heterocycles. The molecule has 106 valence electrons. The van der Waals surface area contributed by atoms with Gasteiger partial charge in [0.1, 0.15) is 5.69 Å². The Morgan fingerprint density at radius 1 is 1.43 bits per heavy atom. The summed E-state index contributed by atoms with van der Waals surface area (Å²) in [7, 11) is 0. The van der Waals surface area contributed by atoms with E-state index in [2.05, 4.69) is 10.6 Å². The first-order chi connectivity index (χ1) is 10.0. The Kier molecular flexibility index (Phi) is 2.90. The number of rotatable bonds is 3. The van der Waals surface area contributed by atoms with Crippen LogP contribution in [0, 0.1) is 10.1 Å². The van der Waals surface area contributed by atoms with Crippen LogP contribution in [0.4, 0.5) is 17.1 Å². The molecule has 2 aromatic rings. The zero-order valence-corrected chi connectivity index (χ0v) is 10.6. The number of fused-ring (bicyclic) bond motifs is 1. The van der Waals surface area contributed by atoms with Gasteiger partial charge >= 0.3 is 0 Å². The highest BCUT2D eigenvalue weighted by Crippen LogP contribution is 2.34. The maximum absolute atomic E-state index is 11.9. The van der Waals surface area contributed by atoms with Crippen molar-refractivity contribution >= 4 is 28.9 Å². The second-order valence-electron chi connectivity index (χ2n) is 4.44. The normalized spacial score (nSPS) is 12.7. The number of hydrogen-bond donors (Lipinski definition) is 2. The average molecular weight is 287 g/mol. The quantitative estimate of drug-likeness (QED) is 0.661. The van der Waals surface area contributed by atoms with Gasteiger partial charge in [0.05, 0.1) is 23.3 Å². The number of carbonyl (C=O) groups excluding carboxylic acids is 2. The number of furan rings is 1. The van der Waals surface area contributed by atoms with Crippen molar-refractivity contribution in [2.45, 2.75) is 6.42 Å². The molecule has 0 fully saturated rings. The van der Waals surface area contributed by atoms with Gasteiger partial charge in [-0.25, -0.2) is 0 Å². The molecule has 0 aliphatic carbocycles. The van der Waals surface area contributed by atoms with Crippen LogP contribution >= 0.6 is 0 Å². The summed E-state index contributed by atoms with van der Waals surface area (Å²) in [5.41, 5.74) is 0.718. The molecule has 3 rings (SSSR count). The van der Waals surface area contributed by atoms with Crippen molar-refractivity contribution in [2.75, 3.05) is 10.6 Å². The van der Waals surface area contributed by atoms with E-state index < -0.39 is 10.8 Å². The van der Waals surface area contributed by atoms with Crippen LogP contribution in [0.1, 0.15) is 16.1 Å². The standard InChI is InChI=1S/C13H9N3O5/c17-12-5-7-4-9(10(16(19)20)6-8(7)14-12)15-13(18)11-2-1-3-21-11/h1-4,6H,5H2,(H,14,17)(H,15,18).